The normalized spacial score (nSPS) is 14.1. The molecule has 0 aromatic heterocycles. The molecule has 3 amide bonds. The number of amides is 3. The largest absolute Gasteiger partial charge is 0.415 e. The minimum Gasteiger partial charge on any atom is -0.410 e. The summed E-state index contributed by atoms with van der Waals surface area (Å²) in [6.45, 7) is 1.57. The predicted molar refractivity (Wildman–Crippen MR) is 108 cm³/mol. The van der Waals surface area contributed by atoms with Crippen molar-refractivity contribution in [1.29, 1.82) is 0 Å². The second-order valence-corrected chi connectivity index (χ2v) is 7.13. The van der Waals surface area contributed by atoms with Crippen LogP contribution in [0.25, 0.3) is 0 Å². The number of benzene rings is 2. The van der Waals surface area contributed by atoms with Crippen LogP contribution in [0, 0.1) is 11.7 Å². The number of halogens is 1. The van der Waals surface area contributed by atoms with Crippen molar-refractivity contribution in [2.24, 2.45) is 5.92 Å². The van der Waals surface area contributed by atoms with Gasteiger partial charge in [-0.15, -0.1) is 0 Å². The van der Waals surface area contributed by atoms with Gasteiger partial charge in [0, 0.05) is 26.2 Å². The van der Waals surface area contributed by atoms with Crippen molar-refractivity contribution in [2.45, 2.75) is 19.4 Å². The number of carbonyl (C=O) groups is 3. The molecule has 0 spiro atoms. The number of nitrogens with zero attached hydrogens (tertiary/aromatic N) is 1. The van der Waals surface area contributed by atoms with E-state index in [1.807, 2.05) is 6.07 Å². The second-order valence-electron chi connectivity index (χ2n) is 7.13. The summed E-state index contributed by atoms with van der Waals surface area (Å²) >= 11 is 0. The number of para-hydroxylation sites is 1. The maximum Gasteiger partial charge on any atom is 0.415 e. The number of hydrogen-bond acceptors (Lipinski definition) is 4. The Hall–Kier alpha value is -3.42. The highest BCUT2D eigenvalue weighted by Gasteiger charge is 2.25. The van der Waals surface area contributed by atoms with E-state index in [1.165, 1.54) is 12.1 Å². The van der Waals surface area contributed by atoms with Crippen LogP contribution in [0.3, 0.4) is 0 Å². The van der Waals surface area contributed by atoms with E-state index in [0.717, 1.165) is 0 Å². The van der Waals surface area contributed by atoms with Crippen LogP contribution in [0.15, 0.2) is 54.6 Å². The fourth-order valence-corrected chi connectivity index (χ4v) is 3.16. The van der Waals surface area contributed by atoms with E-state index in [2.05, 4.69) is 10.6 Å². The molecule has 0 bridgehead atoms. The Morgan fingerprint density at radius 2 is 1.57 bits per heavy atom. The predicted octanol–water partition coefficient (Wildman–Crippen LogP) is 2.47. The summed E-state index contributed by atoms with van der Waals surface area (Å²) < 4.78 is 18.2. The van der Waals surface area contributed by atoms with Crippen molar-refractivity contribution >= 4 is 17.9 Å². The molecule has 0 radical (unpaired) electrons. The third-order valence-electron chi connectivity index (χ3n) is 4.94. The first-order chi connectivity index (χ1) is 14.5. The van der Waals surface area contributed by atoms with E-state index in [9.17, 15) is 18.8 Å². The van der Waals surface area contributed by atoms with Crippen LogP contribution in [0.4, 0.5) is 9.18 Å². The van der Waals surface area contributed by atoms with Crippen LogP contribution < -0.4 is 15.4 Å². The van der Waals surface area contributed by atoms with Crippen LogP contribution in [0.5, 0.6) is 5.75 Å². The lowest BCUT2D eigenvalue weighted by molar-refractivity contribution is -0.139. The Morgan fingerprint density at radius 3 is 2.23 bits per heavy atom. The quantitative estimate of drug-likeness (QED) is 0.738. The van der Waals surface area contributed by atoms with Crippen molar-refractivity contribution < 1.29 is 23.5 Å². The number of nitrogens with one attached hydrogen (secondary N) is 2. The van der Waals surface area contributed by atoms with E-state index in [4.69, 9.17) is 4.74 Å². The zero-order valence-corrected chi connectivity index (χ0v) is 16.5. The molecule has 2 aromatic rings. The van der Waals surface area contributed by atoms with Gasteiger partial charge in [-0.3, -0.25) is 9.59 Å². The van der Waals surface area contributed by atoms with Crippen LogP contribution in [-0.4, -0.2) is 42.4 Å². The van der Waals surface area contributed by atoms with Crippen LogP contribution in [0.1, 0.15) is 18.4 Å². The highest BCUT2D eigenvalue weighted by atomic mass is 19.1. The maximum absolute atomic E-state index is 12.9. The minimum atomic E-state index is -0.733. The van der Waals surface area contributed by atoms with Gasteiger partial charge in [-0.2, -0.15) is 0 Å². The molecule has 0 aliphatic carbocycles. The van der Waals surface area contributed by atoms with Gasteiger partial charge >= 0.3 is 17.9 Å². The Morgan fingerprint density at radius 1 is 0.933 bits per heavy atom. The molecule has 7 nitrogen and oxygen atoms in total. The number of likely N-dealkylation sites (tertiary alicyclic amines) is 1. The molecule has 158 valence electrons. The Balaban J connectivity index is 1.34. The van der Waals surface area contributed by atoms with E-state index in [0.29, 0.717) is 43.8 Å². The summed E-state index contributed by atoms with van der Waals surface area (Å²) in [5.41, 5.74) is 0.701. The lowest BCUT2D eigenvalue weighted by Crippen LogP contribution is -2.45. The van der Waals surface area contributed by atoms with Gasteiger partial charge in [0.05, 0.1) is 0 Å². The van der Waals surface area contributed by atoms with Gasteiger partial charge < -0.3 is 20.3 Å². The zero-order chi connectivity index (χ0) is 21.3. The van der Waals surface area contributed by atoms with Crippen molar-refractivity contribution in [3.05, 3.63) is 66.0 Å². The molecule has 8 heteroatoms. The minimum absolute atomic E-state index is 0.147. The monoisotopic (exact) mass is 413 g/mol. The number of rotatable bonds is 5. The van der Waals surface area contributed by atoms with Crippen LogP contribution in [-0.2, 0) is 16.1 Å². The molecule has 1 aliphatic rings. The van der Waals surface area contributed by atoms with E-state index >= 15 is 0 Å². The highest BCUT2D eigenvalue weighted by molar-refractivity contribution is 6.35. The number of ether oxygens (including phenoxy) is 1. The third kappa shape index (κ3) is 6.30. The molecular weight excluding hydrogens is 389 g/mol. The number of hydrogen-bond donors (Lipinski definition) is 2. The molecule has 0 saturated carbocycles. The standard InChI is InChI=1S/C22H24FN3O4/c23-18-8-6-16(7-9-18)14-24-20(27)21(28)25-15-17-10-12-26(13-11-17)22(29)30-19-4-2-1-3-5-19/h1-9,17H,10-15H2,(H,24,27)(H,25,28). The first-order valence-electron chi connectivity index (χ1n) is 9.83. The fourth-order valence-electron chi connectivity index (χ4n) is 3.16. The van der Waals surface area contributed by atoms with E-state index in [1.54, 1.807) is 41.3 Å². The zero-order valence-electron chi connectivity index (χ0n) is 16.5. The molecule has 2 N–H and O–H groups in total. The fraction of sp³-hybridized carbons (Fsp3) is 0.318. The van der Waals surface area contributed by atoms with Crippen molar-refractivity contribution in [3.63, 3.8) is 0 Å². The van der Waals surface area contributed by atoms with Crippen molar-refractivity contribution in [3.8, 4) is 5.75 Å². The van der Waals surface area contributed by atoms with E-state index in [-0.39, 0.29) is 24.4 Å². The smallest absolute Gasteiger partial charge is 0.410 e. The van der Waals surface area contributed by atoms with Gasteiger partial charge in [-0.25, -0.2) is 9.18 Å². The lowest BCUT2D eigenvalue weighted by Gasteiger charge is -2.31. The van der Waals surface area contributed by atoms with Gasteiger partial charge in [0.15, 0.2) is 0 Å². The second kappa shape index (κ2) is 10.4. The third-order valence-corrected chi connectivity index (χ3v) is 4.94. The average Bonchev–Trinajstić information content (AvgIpc) is 2.78. The maximum atomic E-state index is 12.9. The van der Waals surface area contributed by atoms with E-state index < -0.39 is 11.8 Å². The average molecular weight is 413 g/mol. The first-order valence-corrected chi connectivity index (χ1v) is 9.83. The van der Waals surface area contributed by atoms with Crippen molar-refractivity contribution in [2.75, 3.05) is 19.6 Å². The summed E-state index contributed by atoms with van der Waals surface area (Å²) in [6.07, 6.45) is 1.03. The molecule has 1 heterocycles. The Kier molecular flexibility index (Phi) is 7.37. The van der Waals surface area contributed by atoms with Gasteiger partial charge in [-0.1, -0.05) is 30.3 Å². The van der Waals surface area contributed by atoms with Gasteiger partial charge in [0.2, 0.25) is 0 Å². The molecule has 2 aromatic carbocycles. The highest BCUT2D eigenvalue weighted by Crippen LogP contribution is 2.18. The molecular formula is C22H24FN3O4. The lowest BCUT2D eigenvalue weighted by atomic mass is 9.97. The molecule has 1 fully saturated rings. The first kappa shape index (κ1) is 21.3. The summed E-state index contributed by atoms with van der Waals surface area (Å²) in [5.74, 6) is -1.11. The number of piperidine rings is 1. The molecule has 30 heavy (non-hydrogen) atoms. The summed E-state index contributed by atoms with van der Waals surface area (Å²) in [7, 11) is 0. The summed E-state index contributed by atoms with van der Waals surface area (Å²) in [5, 5.41) is 5.14. The SMILES string of the molecule is O=C(NCc1ccc(F)cc1)C(=O)NCC1CCN(C(=O)Oc2ccccc2)CC1. The summed E-state index contributed by atoms with van der Waals surface area (Å²) in [4.78, 5) is 37.7. The molecule has 0 unspecified atom stereocenters. The van der Waals surface area contributed by atoms with Crippen LogP contribution >= 0.6 is 0 Å². The van der Waals surface area contributed by atoms with Gasteiger partial charge in [0.25, 0.3) is 0 Å². The Labute approximate surface area is 174 Å². The topological polar surface area (TPSA) is 87.7 Å². The van der Waals surface area contributed by atoms with Gasteiger partial charge in [-0.05, 0) is 48.6 Å². The molecule has 0 atom stereocenters. The molecule has 3 rings (SSSR count). The molecule has 1 aliphatic heterocycles. The Bertz CT molecular complexity index is 866. The van der Waals surface area contributed by atoms with Gasteiger partial charge in [0.1, 0.15) is 11.6 Å². The number of carbonyl (C=O) groups excluding carboxylic acids is 3. The van der Waals surface area contributed by atoms with Crippen LogP contribution in [0.2, 0.25) is 0 Å². The molecule has 1 saturated heterocycles. The summed E-state index contributed by atoms with van der Waals surface area (Å²) in [6, 6.07) is 14.6. The van der Waals surface area contributed by atoms with Crippen molar-refractivity contribution in [1.82, 2.24) is 15.5 Å².